The number of hydrogen-bond donors (Lipinski definition) is 2. The predicted molar refractivity (Wildman–Crippen MR) is 120 cm³/mol. The van der Waals surface area contributed by atoms with E-state index in [1.165, 1.54) is 24.4 Å². The number of anilines is 1. The summed E-state index contributed by atoms with van der Waals surface area (Å²) in [6.07, 6.45) is 1.35. The molecule has 0 unspecified atom stereocenters. The second-order valence-corrected chi connectivity index (χ2v) is 7.20. The molecule has 1 amide bonds. The molecule has 1 aromatic heterocycles. The summed E-state index contributed by atoms with van der Waals surface area (Å²) in [6.45, 7) is 0. The van der Waals surface area contributed by atoms with E-state index in [4.69, 9.17) is 4.74 Å². The number of carbonyl (C=O) groups is 1. The molecule has 1 heterocycles. The predicted octanol–water partition coefficient (Wildman–Crippen LogP) is 4.98. The Hall–Kier alpha value is -4.33. The highest BCUT2D eigenvalue weighted by Gasteiger charge is 2.15. The zero-order valence-electron chi connectivity index (χ0n) is 17.5. The van der Waals surface area contributed by atoms with Crippen LogP contribution < -0.4 is 10.1 Å². The van der Waals surface area contributed by atoms with E-state index in [9.17, 15) is 18.7 Å². The summed E-state index contributed by atoms with van der Waals surface area (Å²) >= 11 is 0. The van der Waals surface area contributed by atoms with Gasteiger partial charge in [-0.3, -0.25) is 4.79 Å². The Morgan fingerprint density at radius 3 is 2.33 bits per heavy atom. The number of phenols is 1. The van der Waals surface area contributed by atoms with Gasteiger partial charge in [-0.25, -0.2) is 18.7 Å². The Labute approximate surface area is 188 Å². The van der Waals surface area contributed by atoms with E-state index < -0.39 is 17.5 Å². The fourth-order valence-electron chi connectivity index (χ4n) is 3.21. The molecule has 0 radical (unpaired) electrons. The van der Waals surface area contributed by atoms with Crippen molar-refractivity contribution < 1.29 is 23.4 Å². The van der Waals surface area contributed by atoms with Crippen LogP contribution in [0.3, 0.4) is 0 Å². The molecule has 0 spiro atoms. The Balaban J connectivity index is 1.66. The molecule has 33 heavy (non-hydrogen) atoms. The summed E-state index contributed by atoms with van der Waals surface area (Å²) in [5.41, 5.74) is 2.70. The largest absolute Gasteiger partial charge is 0.508 e. The van der Waals surface area contributed by atoms with Crippen molar-refractivity contribution in [1.82, 2.24) is 9.97 Å². The number of carbonyl (C=O) groups excluding carboxylic acids is 1. The number of halogens is 2. The summed E-state index contributed by atoms with van der Waals surface area (Å²) in [5, 5.41) is 12.3. The van der Waals surface area contributed by atoms with Gasteiger partial charge in [0.05, 0.1) is 25.4 Å². The molecule has 0 aliphatic rings. The molecule has 0 saturated carbocycles. The topological polar surface area (TPSA) is 84.3 Å². The maximum atomic E-state index is 13.5. The minimum atomic E-state index is -1.02. The second-order valence-electron chi connectivity index (χ2n) is 7.20. The highest BCUT2D eigenvalue weighted by Crippen LogP contribution is 2.29. The van der Waals surface area contributed by atoms with Gasteiger partial charge in [-0.1, -0.05) is 6.07 Å². The van der Waals surface area contributed by atoms with Crippen molar-refractivity contribution >= 4 is 11.7 Å². The fourth-order valence-corrected chi connectivity index (χ4v) is 3.21. The second kappa shape index (κ2) is 9.44. The lowest BCUT2D eigenvalue weighted by molar-refractivity contribution is -0.115. The average molecular weight is 447 g/mol. The van der Waals surface area contributed by atoms with Crippen molar-refractivity contribution in [1.29, 1.82) is 0 Å². The molecule has 0 aliphatic heterocycles. The molecule has 0 atom stereocenters. The lowest BCUT2D eigenvalue weighted by Gasteiger charge is -2.12. The van der Waals surface area contributed by atoms with Gasteiger partial charge in [0.1, 0.15) is 17.2 Å². The summed E-state index contributed by atoms with van der Waals surface area (Å²) in [5.74, 6) is -1.48. The maximum Gasteiger partial charge on any atom is 0.230 e. The molecule has 4 rings (SSSR count). The van der Waals surface area contributed by atoms with Crippen molar-refractivity contribution in [2.45, 2.75) is 6.42 Å². The van der Waals surface area contributed by atoms with E-state index in [0.717, 1.165) is 17.7 Å². The molecule has 0 bridgehead atoms. The van der Waals surface area contributed by atoms with E-state index >= 15 is 0 Å². The standard InChI is InChI=1S/C25H19F2N3O3/c1-33-19-9-5-16(6-10-19)22-14-28-25(24(29-22)17-3-7-18(31)8-4-17)30-23(32)13-15-2-11-20(26)21(27)12-15/h2-12,14,31H,13H2,1H3,(H,28,30,32). The molecule has 0 fully saturated rings. The highest BCUT2D eigenvalue weighted by molar-refractivity contribution is 5.94. The summed E-state index contributed by atoms with van der Waals surface area (Å²) in [7, 11) is 1.58. The van der Waals surface area contributed by atoms with Gasteiger partial charge in [0.25, 0.3) is 0 Å². The van der Waals surface area contributed by atoms with Crippen molar-refractivity contribution in [2.24, 2.45) is 0 Å². The van der Waals surface area contributed by atoms with Crippen LogP contribution in [0.15, 0.2) is 72.9 Å². The summed E-state index contributed by atoms with van der Waals surface area (Å²) < 4.78 is 31.8. The molecule has 8 heteroatoms. The number of ether oxygens (including phenoxy) is 1. The fraction of sp³-hybridized carbons (Fsp3) is 0.0800. The quantitative estimate of drug-likeness (QED) is 0.435. The lowest BCUT2D eigenvalue weighted by Crippen LogP contribution is -2.17. The third-order valence-electron chi connectivity index (χ3n) is 4.91. The van der Waals surface area contributed by atoms with Crippen molar-refractivity contribution in [3.05, 3.63) is 90.1 Å². The zero-order chi connectivity index (χ0) is 23.4. The van der Waals surface area contributed by atoms with Crippen LogP contribution in [0.1, 0.15) is 5.56 Å². The van der Waals surface area contributed by atoms with Crippen LogP contribution in [-0.2, 0) is 11.2 Å². The van der Waals surface area contributed by atoms with Crippen LogP contribution in [-0.4, -0.2) is 28.1 Å². The first-order chi connectivity index (χ1) is 15.9. The maximum absolute atomic E-state index is 13.5. The molecular formula is C25H19F2N3O3. The number of benzene rings is 3. The van der Waals surface area contributed by atoms with Gasteiger partial charge in [0, 0.05) is 11.1 Å². The number of aromatic nitrogens is 2. The first-order valence-corrected chi connectivity index (χ1v) is 9.97. The number of aromatic hydroxyl groups is 1. The Morgan fingerprint density at radius 2 is 1.67 bits per heavy atom. The van der Waals surface area contributed by atoms with Crippen LogP contribution in [0, 0.1) is 11.6 Å². The van der Waals surface area contributed by atoms with Crippen LogP contribution >= 0.6 is 0 Å². The van der Waals surface area contributed by atoms with Crippen molar-refractivity contribution in [2.75, 3.05) is 12.4 Å². The molecular weight excluding hydrogens is 428 g/mol. The van der Waals surface area contributed by atoms with Gasteiger partial charge >= 0.3 is 0 Å². The van der Waals surface area contributed by atoms with E-state index in [1.54, 1.807) is 31.4 Å². The Morgan fingerprint density at radius 1 is 0.970 bits per heavy atom. The Bertz CT molecular complexity index is 1290. The van der Waals surface area contributed by atoms with Crippen molar-refractivity contribution in [3.8, 4) is 34.0 Å². The van der Waals surface area contributed by atoms with Crippen LogP contribution in [0.5, 0.6) is 11.5 Å². The zero-order valence-corrected chi connectivity index (χ0v) is 17.5. The lowest BCUT2D eigenvalue weighted by atomic mass is 10.1. The van der Waals surface area contributed by atoms with Crippen LogP contribution in [0.25, 0.3) is 22.5 Å². The highest BCUT2D eigenvalue weighted by atomic mass is 19.2. The first-order valence-electron chi connectivity index (χ1n) is 9.97. The number of nitrogens with zero attached hydrogens (tertiary/aromatic N) is 2. The number of methoxy groups -OCH3 is 1. The smallest absolute Gasteiger partial charge is 0.230 e. The number of rotatable bonds is 6. The van der Waals surface area contributed by atoms with Gasteiger partial charge in [-0.15, -0.1) is 0 Å². The minimum absolute atomic E-state index is 0.0851. The third-order valence-corrected chi connectivity index (χ3v) is 4.91. The number of hydrogen-bond acceptors (Lipinski definition) is 5. The Kier molecular flexibility index (Phi) is 6.26. The van der Waals surface area contributed by atoms with Gasteiger partial charge < -0.3 is 15.2 Å². The third kappa shape index (κ3) is 5.12. The van der Waals surface area contributed by atoms with Crippen molar-refractivity contribution in [3.63, 3.8) is 0 Å². The average Bonchev–Trinajstić information content (AvgIpc) is 2.82. The van der Waals surface area contributed by atoms with E-state index in [2.05, 4.69) is 15.3 Å². The van der Waals surface area contributed by atoms with E-state index in [1.807, 2.05) is 12.1 Å². The number of amides is 1. The normalized spacial score (nSPS) is 10.6. The molecule has 3 aromatic carbocycles. The molecule has 2 N–H and O–H groups in total. The first kappa shape index (κ1) is 21.9. The molecule has 6 nitrogen and oxygen atoms in total. The van der Waals surface area contributed by atoms with Gasteiger partial charge in [0.15, 0.2) is 17.5 Å². The molecule has 4 aromatic rings. The van der Waals surface area contributed by atoms with E-state index in [-0.39, 0.29) is 18.0 Å². The van der Waals surface area contributed by atoms with E-state index in [0.29, 0.717) is 28.3 Å². The van der Waals surface area contributed by atoms with Crippen LogP contribution in [0.2, 0.25) is 0 Å². The van der Waals surface area contributed by atoms with Gasteiger partial charge in [-0.2, -0.15) is 0 Å². The molecule has 0 saturated heterocycles. The van der Waals surface area contributed by atoms with Gasteiger partial charge in [-0.05, 0) is 66.2 Å². The number of phenolic OH excluding ortho intramolecular Hbond substituents is 1. The monoisotopic (exact) mass is 447 g/mol. The molecule has 0 aliphatic carbocycles. The molecule has 166 valence electrons. The van der Waals surface area contributed by atoms with Crippen LogP contribution in [0.4, 0.5) is 14.6 Å². The summed E-state index contributed by atoms with van der Waals surface area (Å²) in [6, 6.07) is 16.9. The van der Waals surface area contributed by atoms with Gasteiger partial charge in [0.2, 0.25) is 5.91 Å². The minimum Gasteiger partial charge on any atom is -0.508 e. The SMILES string of the molecule is COc1ccc(-c2cnc(NC(=O)Cc3ccc(F)c(F)c3)c(-c3ccc(O)cc3)n2)cc1. The number of nitrogens with one attached hydrogen (secondary N) is 1. The summed E-state index contributed by atoms with van der Waals surface area (Å²) in [4.78, 5) is 21.7.